The van der Waals surface area contributed by atoms with Gasteiger partial charge in [-0.2, -0.15) is 0 Å². The lowest BCUT2D eigenvalue weighted by Gasteiger charge is -2.32. The van der Waals surface area contributed by atoms with Crippen molar-refractivity contribution in [3.8, 4) is 0 Å². The van der Waals surface area contributed by atoms with Crippen molar-refractivity contribution in [1.82, 2.24) is 4.90 Å². The fourth-order valence-electron chi connectivity index (χ4n) is 3.24. The van der Waals surface area contributed by atoms with Crippen molar-refractivity contribution in [2.45, 2.75) is 64.6 Å². The van der Waals surface area contributed by atoms with E-state index in [1.807, 2.05) is 0 Å². The minimum Gasteiger partial charge on any atom is -0.303 e. The number of hydrogen-bond acceptors (Lipinski definition) is 1. The molecule has 0 aromatic carbocycles. The average Bonchev–Trinajstić information content (AvgIpc) is 2.36. The van der Waals surface area contributed by atoms with E-state index < -0.39 is 8.07 Å². The number of rotatable bonds is 7. The molecule has 0 amide bonds. The maximum absolute atomic E-state index is 4.28. The predicted octanol–water partition coefficient (Wildman–Crippen LogP) is 4.47. The van der Waals surface area contributed by atoms with Gasteiger partial charge in [-0.15, -0.1) is 6.58 Å². The molecule has 0 unspecified atom stereocenters. The van der Waals surface area contributed by atoms with Gasteiger partial charge in [0.15, 0.2) is 0 Å². The third-order valence-electron chi connectivity index (χ3n) is 4.84. The lowest BCUT2D eigenvalue weighted by Crippen LogP contribution is -2.36. The Labute approximate surface area is 109 Å². The molecular formula is C15H31NSi. The summed E-state index contributed by atoms with van der Waals surface area (Å²) in [5.74, 6) is 0. The Morgan fingerprint density at radius 1 is 1.12 bits per heavy atom. The van der Waals surface area contributed by atoms with Crippen LogP contribution in [0.5, 0.6) is 0 Å². The quantitative estimate of drug-likeness (QED) is 0.605. The molecule has 0 aromatic rings. The molecule has 0 atom stereocenters. The molecule has 1 aliphatic rings. The SMILES string of the molecule is C=C(C)[Si](CC)(CC)CCCN1CCCCC1. The van der Waals surface area contributed by atoms with E-state index in [1.54, 1.807) is 0 Å². The van der Waals surface area contributed by atoms with E-state index in [0.717, 1.165) is 0 Å². The summed E-state index contributed by atoms with van der Waals surface area (Å²) < 4.78 is 0. The first kappa shape index (κ1) is 15.0. The number of piperidine rings is 1. The van der Waals surface area contributed by atoms with E-state index in [9.17, 15) is 0 Å². The molecule has 0 saturated carbocycles. The van der Waals surface area contributed by atoms with Gasteiger partial charge in [-0.3, -0.25) is 0 Å². The lowest BCUT2D eigenvalue weighted by molar-refractivity contribution is 0.229. The van der Waals surface area contributed by atoms with Gasteiger partial charge in [-0.05, 0) is 45.8 Å². The van der Waals surface area contributed by atoms with Crippen molar-refractivity contribution < 1.29 is 0 Å². The molecule has 0 radical (unpaired) electrons. The van der Waals surface area contributed by atoms with Crippen LogP contribution in [0.1, 0.15) is 46.5 Å². The number of nitrogens with zero attached hydrogens (tertiary/aromatic N) is 1. The van der Waals surface area contributed by atoms with Crippen molar-refractivity contribution >= 4 is 8.07 Å². The highest BCUT2D eigenvalue weighted by Gasteiger charge is 2.29. The summed E-state index contributed by atoms with van der Waals surface area (Å²) in [6.07, 6.45) is 5.70. The standard InChI is InChI=1S/C15H31NSi/c1-5-17(6-2,15(3)4)14-10-13-16-11-8-7-9-12-16/h3,5-14H2,1-2,4H3. The van der Waals surface area contributed by atoms with Crippen molar-refractivity contribution in [3.63, 3.8) is 0 Å². The van der Waals surface area contributed by atoms with Crippen molar-refractivity contribution in [3.05, 3.63) is 11.8 Å². The maximum atomic E-state index is 4.28. The monoisotopic (exact) mass is 253 g/mol. The Kier molecular flexibility index (Phi) is 6.50. The maximum Gasteiger partial charge on any atom is 0.0799 e. The first-order valence-corrected chi connectivity index (χ1v) is 10.1. The molecule has 1 saturated heterocycles. The molecule has 0 aromatic heterocycles. The van der Waals surface area contributed by atoms with Crippen LogP contribution in [0.2, 0.25) is 18.1 Å². The zero-order valence-corrected chi connectivity index (χ0v) is 13.2. The highest BCUT2D eigenvalue weighted by Crippen LogP contribution is 2.29. The summed E-state index contributed by atoms with van der Waals surface area (Å²) in [5, 5.41) is 1.53. The van der Waals surface area contributed by atoms with Crippen LogP contribution in [0.4, 0.5) is 0 Å². The topological polar surface area (TPSA) is 3.24 Å². The Hall–Kier alpha value is -0.0831. The molecule has 100 valence electrons. The van der Waals surface area contributed by atoms with E-state index in [4.69, 9.17) is 0 Å². The largest absolute Gasteiger partial charge is 0.303 e. The predicted molar refractivity (Wildman–Crippen MR) is 81.2 cm³/mol. The Bertz CT molecular complexity index is 227. The zero-order chi connectivity index (χ0) is 12.7. The summed E-state index contributed by atoms with van der Waals surface area (Å²) in [6.45, 7) is 15.4. The van der Waals surface area contributed by atoms with Crippen LogP contribution in [-0.4, -0.2) is 32.6 Å². The van der Waals surface area contributed by atoms with Crippen molar-refractivity contribution in [2.24, 2.45) is 0 Å². The van der Waals surface area contributed by atoms with Gasteiger partial charge >= 0.3 is 0 Å². The van der Waals surface area contributed by atoms with Crippen molar-refractivity contribution in [2.75, 3.05) is 19.6 Å². The molecule has 1 fully saturated rings. The van der Waals surface area contributed by atoms with E-state index in [-0.39, 0.29) is 0 Å². The summed E-state index contributed by atoms with van der Waals surface area (Å²) in [7, 11) is -1.13. The highest BCUT2D eigenvalue weighted by molar-refractivity contribution is 6.86. The van der Waals surface area contributed by atoms with Gasteiger partial charge in [-0.25, -0.2) is 0 Å². The third kappa shape index (κ3) is 4.25. The van der Waals surface area contributed by atoms with E-state index in [2.05, 4.69) is 32.3 Å². The second-order valence-corrected chi connectivity index (χ2v) is 11.1. The molecule has 1 rings (SSSR count). The van der Waals surface area contributed by atoms with Crippen LogP contribution in [-0.2, 0) is 0 Å². The van der Waals surface area contributed by atoms with Crippen LogP contribution in [0.3, 0.4) is 0 Å². The molecule has 0 bridgehead atoms. The normalized spacial score (nSPS) is 18.3. The summed E-state index contributed by atoms with van der Waals surface area (Å²) in [5.41, 5.74) is 0. The minimum atomic E-state index is -1.13. The van der Waals surface area contributed by atoms with Crippen LogP contribution in [0.25, 0.3) is 0 Å². The van der Waals surface area contributed by atoms with Gasteiger partial charge in [0, 0.05) is 0 Å². The van der Waals surface area contributed by atoms with Gasteiger partial charge in [-0.1, -0.05) is 43.6 Å². The Balaban J connectivity index is 2.33. The van der Waals surface area contributed by atoms with Gasteiger partial charge < -0.3 is 4.90 Å². The van der Waals surface area contributed by atoms with Crippen molar-refractivity contribution in [1.29, 1.82) is 0 Å². The molecule has 1 nitrogen and oxygen atoms in total. The first-order valence-electron chi connectivity index (χ1n) is 7.53. The molecule has 0 aliphatic carbocycles. The highest BCUT2D eigenvalue weighted by atomic mass is 28.3. The van der Waals surface area contributed by atoms with Gasteiger partial charge in [0.1, 0.15) is 0 Å². The fraction of sp³-hybridized carbons (Fsp3) is 0.867. The number of likely N-dealkylation sites (tertiary alicyclic amines) is 1. The fourth-order valence-corrected chi connectivity index (χ4v) is 6.92. The second-order valence-electron chi connectivity index (χ2n) is 5.77. The summed E-state index contributed by atoms with van der Waals surface area (Å²) in [4.78, 5) is 2.67. The van der Waals surface area contributed by atoms with Gasteiger partial charge in [0.05, 0.1) is 8.07 Å². The molecule has 0 spiro atoms. The van der Waals surface area contributed by atoms with Crippen LogP contribution in [0, 0.1) is 0 Å². The summed E-state index contributed by atoms with van der Waals surface area (Å²) >= 11 is 0. The molecule has 17 heavy (non-hydrogen) atoms. The minimum absolute atomic E-state index is 1.13. The third-order valence-corrected chi connectivity index (χ3v) is 10.7. The molecule has 1 heterocycles. The smallest absolute Gasteiger partial charge is 0.0799 e. The lowest BCUT2D eigenvalue weighted by atomic mass is 10.1. The van der Waals surface area contributed by atoms with E-state index >= 15 is 0 Å². The molecule has 1 aliphatic heterocycles. The molecular weight excluding hydrogens is 222 g/mol. The van der Waals surface area contributed by atoms with Gasteiger partial charge in [0.2, 0.25) is 0 Å². The second kappa shape index (κ2) is 7.37. The van der Waals surface area contributed by atoms with Crippen LogP contribution in [0.15, 0.2) is 11.8 Å². The Morgan fingerprint density at radius 3 is 2.18 bits per heavy atom. The van der Waals surface area contributed by atoms with Gasteiger partial charge in [0.25, 0.3) is 0 Å². The Morgan fingerprint density at radius 2 is 1.71 bits per heavy atom. The van der Waals surface area contributed by atoms with E-state index in [1.165, 1.54) is 68.6 Å². The van der Waals surface area contributed by atoms with E-state index in [0.29, 0.717) is 0 Å². The number of hydrogen-bond donors (Lipinski definition) is 0. The average molecular weight is 254 g/mol. The molecule has 2 heteroatoms. The first-order chi connectivity index (χ1) is 8.14. The zero-order valence-electron chi connectivity index (χ0n) is 12.2. The van der Waals surface area contributed by atoms with Crippen LogP contribution < -0.4 is 0 Å². The summed E-state index contributed by atoms with van der Waals surface area (Å²) in [6, 6.07) is 4.24. The van der Waals surface area contributed by atoms with Crippen LogP contribution >= 0.6 is 0 Å². The molecule has 0 N–H and O–H groups in total. The number of allylic oxidation sites excluding steroid dienone is 1.